The molecule has 1 unspecified atom stereocenters. The molecule has 116 valence electrons. The van der Waals surface area contributed by atoms with Gasteiger partial charge in [-0.05, 0) is 33.9 Å². The largest absolute Gasteiger partial charge is 0.197 e. The molecule has 0 amide bonds. The Balaban J connectivity index is 2.85. The molecule has 1 aliphatic carbocycles. The Hall–Kier alpha value is -1.81. The zero-order valence-electron chi connectivity index (χ0n) is 14.7. The molecular weight excluding hydrogens is 266 g/mol. The fourth-order valence-corrected chi connectivity index (χ4v) is 3.23. The van der Waals surface area contributed by atoms with Crippen molar-refractivity contribution >= 4 is 0 Å². The van der Waals surface area contributed by atoms with Gasteiger partial charge in [0.1, 0.15) is 5.41 Å². The molecule has 0 fully saturated rings. The SMILES string of the molecule is CC(C)(C)c1cccc(C(C)(C)C)c1C1(C#N)C=CC=CC1. The zero-order valence-corrected chi connectivity index (χ0v) is 14.7. The van der Waals surface area contributed by atoms with Gasteiger partial charge in [-0.25, -0.2) is 0 Å². The molecule has 0 aliphatic heterocycles. The Labute approximate surface area is 135 Å². The lowest BCUT2D eigenvalue weighted by atomic mass is 9.65. The summed E-state index contributed by atoms with van der Waals surface area (Å²) in [5, 5.41) is 10.0. The monoisotopic (exact) mass is 293 g/mol. The van der Waals surface area contributed by atoms with Gasteiger partial charge < -0.3 is 0 Å². The highest BCUT2D eigenvalue weighted by Gasteiger charge is 2.38. The van der Waals surface area contributed by atoms with Crippen molar-refractivity contribution in [3.63, 3.8) is 0 Å². The van der Waals surface area contributed by atoms with Crippen molar-refractivity contribution in [3.8, 4) is 6.07 Å². The molecule has 0 saturated heterocycles. The average Bonchev–Trinajstić information content (AvgIpc) is 2.45. The van der Waals surface area contributed by atoms with E-state index in [-0.39, 0.29) is 10.8 Å². The average molecular weight is 293 g/mol. The lowest BCUT2D eigenvalue weighted by Gasteiger charge is -2.37. The van der Waals surface area contributed by atoms with Crippen molar-refractivity contribution in [3.05, 3.63) is 59.2 Å². The van der Waals surface area contributed by atoms with Crippen LogP contribution in [0.25, 0.3) is 0 Å². The maximum absolute atomic E-state index is 10.0. The molecule has 0 heterocycles. The van der Waals surface area contributed by atoms with E-state index in [1.54, 1.807) is 0 Å². The molecule has 1 atom stereocenters. The van der Waals surface area contributed by atoms with Gasteiger partial charge in [-0.2, -0.15) is 5.26 Å². The molecule has 1 aromatic carbocycles. The molecule has 1 aromatic rings. The Morgan fingerprint density at radius 2 is 1.50 bits per heavy atom. The molecule has 0 aromatic heterocycles. The number of hydrogen-bond acceptors (Lipinski definition) is 1. The van der Waals surface area contributed by atoms with E-state index in [4.69, 9.17) is 0 Å². The van der Waals surface area contributed by atoms with E-state index in [2.05, 4.69) is 78.0 Å². The first-order chi connectivity index (χ1) is 10.1. The zero-order chi connectivity index (χ0) is 16.6. The van der Waals surface area contributed by atoms with Gasteiger partial charge in [-0.3, -0.25) is 0 Å². The van der Waals surface area contributed by atoms with Crippen LogP contribution in [0.3, 0.4) is 0 Å². The summed E-state index contributed by atoms with van der Waals surface area (Å²) < 4.78 is 0. The van der Waals surface area contributed by atoms with Crippen molar-refractivity contribution in [1.82, 2.24) is 0 Å². The minimum atomic E-state index is -0.554. The van der Waals surface area contributed by atoms with Crippen molar-refractivity contribution in [2.45, 2.75) is 64.2 Å². The summed E-state index contributed by atoms with van der Waals surface area (Å²) in [7, 11) is 0. The summed E-state index contributed by atoms with van der Waals surface area (Å²) >= 11 is 0. The maximum atomic E-state index is 10.0. The summed E-state index contributed by atoms with van der Waals surface area (Å²) in [5.41, 5.74) is 3.23. The predicted octanol–water partition coefficient (Wildman–Crippen LogP) is 5.56. The summed E-state index contributed by atoms with van der Waals surface area (Å²) in [6, 6.07) is 9.14. The van der Waals surface area contributed by atoms with E-state index in [1.165, 1.54) is 16.7 Å². The number of nitrogens with zero attached hydrogens (tertiary/aromatic N) is 1. The molecule has 0 radical (unpaired) electrons. The third kappa shape index (κ3) is 2.88. The summed E-state index contributed by atoms with van der Waals surface area (Å²) in [6.07, 6.45) is 8.97. The van der Waals surface area contributed by atoms with Crippen LogP contribution in [0.4, 0.5) is 0 Å². The van der Waals surface area contributed by atoms with Gasteiger partial charge in [0, 0.05) is 0 Å². The first kappa shape index (κ1) is 16.6. The Bertz CT molecular complexity index is 624. The first-order valence-electron chi connectivity index (χ1n) is 8.02. The molecular formula is C21H27N. The van der Waals surface area contributed by atoms with E-state index in [0.717, 1.165) is 6.42 Å². The molecule has 1 nitrogen and oxygen atoms in total. The fraction of sp³-hybridized carbons (Fsp3) is 0.476. The molecule has 1 heteroatoms. The second-order valence-electron chi connectivity index (χ2n) is 8.30. The van der Waals surface area contributed by atoms with Gasteiger partial charge in [0.2, 0.25) is 0 Å². The van der Waals surface area contributed by atoms with Gasteiger partial charge in [0.15, 0.2) is 0 Å². The number of nitriles is 1. The highest BCUT2D eigenvalue weighted by Crippen LogP contribution is 2.44. The van der Waals surface area contributed by atoms with Gasteiger partial charge >= 0.3 is 0 Å². The third-order valence-corrected chi connectivity index (χ3v) is 4.39. The molecule has 1 aliphatic rings. The van der Waals surface area contributed by atoms with Crippen LogP contribution < -0.4 is 0 Å². The lowest BCUT2D eigenvalue weighted by molar-refractivity contribution is 0.528. The number of benzene rings is 1. The standard InChI is InChI=1S/C21H27N/c1-19(2,3)16-11-10-12-17(20(4,5)6)18(16)21(15-22)13-8-7-9-14-21/h7-13H,14H2,1-6H3. The Morgan fingerprint density at radius 1 is 0.955 bits per heavy atom. The molecule has 22 heavy (non-hydrogen) atoms. The Kier molecular flexibility index (Phi) is 4.09. The third-order valence-electron chi connectivity index (χ3n) is 4.39. The van der Waals surface area contributed by atoms with E-state index in [0.29, 0.717) is 0 Å². The molecule has 0 N–H and O–H groups in total. The predicted molar refractivity (Wildman–Crippen MR) is 94.0 cm³/mol. The van der Waals surface area contributed by atoms with Crippen LogP contribution in [0.2, 0.25) is 0 Å². The molecule has 0 spiro atoms. The normalized spacial score (nSPS) is 21.7. The molecule has 0 bridgehead atoms. The minimum absolute atomic E-state index is 0.00937. The summed E-state index contributed by atoms with van der Waals surface area (Å²) in [4.78, 5) is 0. The maximum Gasteiger partial charge on any atom is 0.105 e. The van der Waals surface area contributed by atoms with Gasteiger partial charge in [0.05, 0.1) is 6.07 Å². The molecule has 2 rings (SSSR count). The van der Waals surface area contributed by atoms with E-state index >= 15 is 0 Å². The van der Waals surface area contributed by atoms with Crippen molar-refractivity contribution < 1.29 is 0 Å². The number of allylic oxidation sites excluding steroid dienone is 4. The van der Waals surface area contributed by atoms with E-state index in [9.17, 15) is 5.26 Å². The quantitative estimate of drug-likeness (QED) is 0.665. The van der Waals surface area contributed by atoms with Crippen molar-refractivity contribution in [2.24, 2.45) is 0 Å². The number of hydrogen-bond donors (Lipinski definition) is 0. The highest BCUT2D eigenvalue weighted by atomic mass is 14.4. The van der Waals surface area contributed by atoms with Gasteiger partial charge in [0.25, 0.3) is 0 Å². The minimum Gasteiger partial charge on any atom is -0.197 e. The summed E-state index contributed by atoms with van der Waals surface area (Å²) in [5.74, 6) is 0. The van der Waals surface area contributed by atoms with Gasteiger partial charge in [-0.1, -0.05) is 84.0 Å². The van der Waals surface area contributed by atoms with E-state index < -0.39 is 5.41 Å². The number of rotatable bonds is 1. The fourth-order valence-electron chi connectivity index (χ4n) is 3.23. The van der Waals surface area contributed by atoms with E-state index in [1.807, 2.05) is 12.2 Å². The van der Waals surface area contributed by atoms with Crippen LogP contribution in [0.15, 0.2) is 42.5 Å². The summed E-state index contributed by atoms with van der Waals surface area (Å²) in [6.45, 7) is 13.4. The van der Waals surface area contributed by atoms with Crippen molar-refractivity contribution in [2.75, 3.05) is 0 Å². The van der Waals surface area contributed by atoms with Crippen LogP contribution >= 0.6 is 0 Å². The highest BCUT2D eigenvalue weighted by molar-refractivity contribution is 5.54. The van der Waals surface area contributed by atoms with Crippen LogP contribution in [-0.2, 0) is 16.2 Å². The first-order valence-corrected chi connectivity index (χ1v) is 8.02. The second-order valence-corrected chi connectivity index (χ2v) is 8.30. The topological polar surface area (TPSA) is 23.8 Å². The van der Waals surface area contributed by atoms with Crippen LogP contribution in [0.5, 0.6) is 0 Å². The van der Waals surface area contributed by atoms with Gasteiger partial charge in [-0.15, -0.1) is 0 Å². The van der Waals surface area contributed by atoms with Crippen LogP contribution in [0, 0.1) is 11.3 Å². The van der Waals surface area contributed by atoms with Crippen LogP contribution in [0.1, 0.15) is 64.7 Å². The Morgan fingerprint density at radius 3 is 1.86 bits per heavy atom. The smallest absolute Gasteiger partial charge is 0.105 e. The van der Waals surface area contributed by atoms with Crippen LogP contribution in [-0.4, -0.2) is 0 Å². The lowest BCUT2D eigenvalue weighted by Crippen LogP contribution is -2.32. The second kappa shape index (κ2) is 5.43. The van der Waals surface area contributed by atoms with Crippen molar-refractivity contribution in [1.29, 1.82) is 5.26 Å². The molecule has 0 saturated carbocycles.